The van der Waals surface area contributed by atoms with E-state index in [1.807, 2.05) is 25.1 Å². The lowest BCUT2D eigenvalue weighted by atomic mass is 10.1. The Labute approximate surface area is 175 Å². The van der Waals surface area contributed by atoms with Crippen molar-refractivity contribution in [2.45, 2.75) is 33.7 Å². The summed E-state index contributed by atoms with van der Waals surface area (Å²) in [4.78, 5) is 2.71. The topological polar surface area (TPSA) is 105 Å². The molecule has 1 N–H and O–H groups in total. The summed E-state index contributed by atoms with van der Waals surface area (Å²) < 4.78 is 5.40. The minimum absolute atomic E-state index is 0.0215. The molecule has 0 radical (unpaired) electrons. The molecular weight excluding hydrogens is 386 g/mol. The second-order valence-electron chi connectivity index (χ2n) is 6.75. The Bertz CT molecular complexity index is 953. The molecule has 0 amide bonds. The predicted molar refractivity (Wildman–Crippen MR) is 114 cm³/mol. The highest BCUT2D eigenvalue weighted by Crippen LogP contribution is 2.36. The van der Waals surface area contributed by atoms with Gasteiger partial charge in [-0.3, -0.25) is 0 Å². The lowest BCUT2D eigenvalue weighted by Crippen LogP contribution is -2.34. The zero-order chi connectivity index (χ0) is 21.4. The van der Waals surface area contributed by atoms with Crippen molar-refractivity contribution in [1.29, 1.82) is 10.5 Å². The first-order valence-corrected chi connectivity index (χ1v) is 10.2. The molecule has 0 aliphatic rings. The largest absolute Gasteiger partial charge is 0.394 e. The number of azo groups is 1. The van der Waals surface area contributed by atoms with E-state index < -0.39 is 0 Å². The van der Waals surface area contributed by atoms with Gasteiger partial charge in [-0.05, 0) is 57.0 Å². The van der Waals surface area contributed by atoms with Gasteiger partial charge in [-0.15, -0.1) is 21.6 Å². The van der Waals surface area contributed by atoms with Gasteiger partial charge < -0.3 is 14.7 Å². The average molecular weight is 412 g/mol. The summed E-state index contributed by atoms with van der Waals surface area (Å²) in [6.07, 6.45) is 0. The Morgan fingerprint density at radius 2 is 1.93 bits per heavy atom. The van der Waals surface area contributed by atoms with E-state index in [1.54, 1.807) is 6.92 Å². The Morgan fingerprint density at radius 1 is 1.17 bits per heavy atom. The smallest absolute Gasteiger partial charge is 0.158 e. The molecular formula is C21H25N5O2S. The quantitative estimate of drug-likeness (QED) is 0.473. The summed E-state index contributed by atoms with van der Waals surface area (Å²) in [5.41, 5.74) is 3.78. The highest BCUT2D eigenvalue weighted by molar-refractivity contribution is 7.16. The van der Waals surface area contributed by atoms with Crippen molar-refractivity contribution < 1.29 is 9.84 Å². The fourth-order valence-corrected chi connectivity index (χ4v) is 3.73. The molecule has 152 valence electrons. The van der Waals surface area contributed by atoms with Crippen molar-refractivity contribution in [3.05, 3.63) is 39.8 Å². The van der Waals surface area contributed by atoms with Crippen LogP contribution in [0.3, 0.4) is 0 Å². The van der Waals surface area contributed by atoms with E-state index in [0.29, 0.717) is 39.9 Å². The third-order valence-corrected chi connectivity index (χ3v) is 5.52. The lowest BCUT2D eigenvalue weighted by molar-refractivity contribution is 0.0961. The van der Waals surface area contributed by atoms with Crippen LogP contribution in [-0.4, -0.2) is 37.5 Å². The molecule has 1 aromatic carbocycles. The van der Waals surface area contributed by atoms with Gasteiger partial charge in [0.2, 0.25) is 0 Å². The summed E-state index contributed by atoms with van der Waals surface area (Å²) in [6, 6.07) is 10.4. The maximum Gasteiger partial charge on any atom is 0.158 e. The minimum Gasteiger partial charge on any atom is -0.394 e. The van der Waals surface area contributed by atoms with Crippen molar-refractivity contribution in [1.82, 2.24) is 0 Å². The molecule has 0 spiro atoms. The van der Waals surface area contributed by atoms with Crippen molar-refractivity contribution in [2.75, 3.05) is 31.3 Å². The summed E-state index contributed by atoms with van der Waals surface area (Å²) in [7, 11) is 0. The number of benzene rings is 1. The normalized spacial score (nSPS) is 11.0. The number of anilines is 1. The molecule has 0 saturated carbocycles. The van der Waals surface area contributed by atoms with Gasteiger partial charge in [0.05, 0.1) is 31.1 Å². The molecule has 7 nitrogen and oxygen atoms in total. The standard InChI is InChI=1S/C21H25N5O2S/c1-14(2)26(7-9-28-10-8-27)17-5-6-19(15(3)11-17)24-25-21-18(12-22)16(4)20(13-23)29-21/h5-6,11,14,27H,7-10H2,1-4H3. The first-order valence-electron chi connectivity index (χ1n) is 9.34. The monoisotopic (exact) mass is 411 g/mol. The van der Waals surface area contributed by atoms with Crippen LogP contribution in [0.25, 0.3) is 0 Å². The number of nitrogens with zero attached hydrogens (tertiary/aromatic N) is 5. The number of hydrogen-bond acceptors (Lipinski definition) is 8. The molecule has 2 aromatic rings. The number of aryl methyl sites for hydroxylation is 1. The van der Waals surface area contributed by atoms with Gasteiger partial charge in [0, 0.05) is 18.3 Å². The summed E-state index contributed by atoms with van der Waals surface area (Å²) in [5, 5.41) is 36.3. The van der Waals surface area contributed by atoms with Gasteiger partial charge in [0.15, 0.2) is 5.00 Å². The number of aliphatic hydroxyl groups excluding tert-OH is 1. The molecule has 0 aliphatic heterocycles. The van der Waals surface area contributed by atoms with E-state index >= 15 is 0 Å². The van der Waals surface area contributed by atoms with Gasteiger partial charge in [-0.25, -0.2) is 0 Å². The highest BCUT2D eigenvalue weighted by Gasteiger charge is 2.15. The third-order valence-electron chi connectivity index (χ3n) is 4.44. The van der Waals surface area contributed by atoms with Gasteiger partial charge in [0.1, 0.15) is 17.0 Å². The highest BCUT2D eigenvalue weighted by atomic mass is 32.1. The lowest BCUT2D eigenvalue weighted by Gasteiger charge is -2.29. The maximum absolute atomic E-state index is 9.33. The molecule has 0 fully saturated rings. The van der Waals surface area contributed by atoms with E-state index in [4.69, 9.17) is 15.1 Å². The molecule has 0 saturated heterocycles. The van der Waals surface area contributed by atoms with Crippen LogP contribution in [-0.2, 0) is 4.74 Å². The number of hydrogen-bond donors (Lipinski definition) is 1. The molecule has 0 atom stereocenters. The number of nitriles is 2. The van der Waals surface area contributed by atoms with Crippen molar-refractivity contribution >= 4 is 27.7 Å². The van der Waals surface area contributed by atoms with E-state index in [9.17, 15) is 5.26 Å². The average Bonchev–Trinajstić information content (AvgIpc) is 3.01. The van der Waals surface area contributed by atoms with E-state index in [1.165, 1.54) is 11.3 Å². The molecule has 0 unspecified atom stereocenters. The molecule has 1 heterocycles. The fraction of sp³-hybridized carbons (Fsp3) is 0.429. The second-order valence-corrected chi connectivity index (χ2v) is 7.75. The Balaban J connectivity index is 2.22. The molecule has 8 heteroatoms. The van der Waals surface area contributed by atoms with Crippen LogP contribution in [0.4, 0.5) is 16.4 Å². The van der Waals surface area contributed by atoms with Gasteiger partial charge in [-0.2, -0.15) is 10.5 Å². The minimum atomic E-state index is 0.0215. The van der Waals surface area contributed by atoms with Crippen LogP contribution in [0.2, 0.25) is 0 Å². The predicted octanol–water partition coefficient (Wildman–Crippen LogP) is 4.75. The van der Waals surface area contributed by atoms with Crippen molar-refractivity contribution in [2.24, 2.45) is 10.2 Å². The van der Waals surface area contributed by atoms with Crippen LogP contribution < -0.4 is 4.90 Å². The number of aliphatic hydroxyl groups is 1. The Morgan fingerprint density at radius 3 is 2.52 bits per heavy atom. The van der Waals surface area contributed by atoms with Gasteiger partial charge in [0.25, 0.3) is 0 Å². The second kappa shape index (κ2) is 10.7. The first-order chi connectivity index (χ1) is 13.9. The van der Waals surface area contributed by atoms with Gasteiger partial charge in [-0.1, -0.05) is 0 Å². The Hall–Kier alpha value is -2.78. The third kappa shape index (κ3) is 5.61. The summed E-state index contributed by atoms with van der Waals surface area (Å²) in [5.74, 6) is 0. The molecule has 1 aromatic heterocycles. The zero-order valence-electron chi connectivity index (χ0n) is 17.1. The Kier molecular flexibility index (Phi) is 8.29. The number of thiophene rings is 1. The van der Waals surface area contributed by atoms with Crippen LogP contribution in [0.5, 0.6) is 0 Å². The van der Waals surface area contributed by atoms with Crippen LogP contribution in [0.1, 0.15) is 35.4 Å². The van der Waals surface area contributed by atoms with E-state index in [-0.39, 0.29) is 12.6 Å². The molecule has 2 rings (SSSR count). The molecule has 0 bridgehead atoms. The molecule has 0 aliphatic carbocycles. The van der Waals surface area contributed by atoms with Crippen LogP contribution >= 0.6 is 11.3 Å². The first kappa shape index (κ1) is 22.5. The van der Waals surface area contributed by atoms with Crippen LogP contribution in [0.15, 0.2) is 28.4 Å². The van der Waals surface area contributed by atoms with Crippen LogP contribution in [0, 0.1) is 36.5 Å². The molecule has 29 heavy (non-hydrogen) atoms. The van der Waals surface area contributed by atoms with E-state index in [0.717, 1.165) is 17.8 Å². The van der Waals surface area contributed by atoms with E-state index in [2.05, 4.69) is 41.1 Å². The maximum atomic E-state index is 9.33. The van der Waals surface area contributed by atoms with Crippen molar-refractivity contribution in [3.8, 4) is 12.1 Å². The number of ether oxygens (including phenoxy) is 1. The number of rotatable bonds is 9. The summed E-state index contributed by atoms with van der Waals surface area (Å²) >= 11 is 1.18. The summed E-state index contributed by atoms with van der Waals surface area (Å²) in [6.45, 7) is 9.55. The fourth-order valence-electron chi connectivity index (χ4n) is 2.85. The SMILES string of the molecule is Cc1cc(N(CCOCCO)C(C)C)ccc1N=Nc1sc(C#N)c(C)c1C#N. The van der Waals surface area contributed by atoms with Crippen molar-refractivity contribution in [3.63, 3.8) is 0 Å². The zero-order valence-corrected chi connectivity index (χ0v) is 18.0. The van der Waals surface area contributed by atoms with Gasteiger partial charge >= 0.3 is 0 Å².